The van der Waals surface area contributed by atoms with Gasteiger partial charge in [-0.25, -0.2) is 27.2 Å². The molecular formula is C30H25F2N7O3S. The highest BCUT2D eigenvalue weighted by atomic mass is 32.2. The van der Waals surface area contributed by atoms with Crippen molar-refractivity contribution in [3.8, 4) is 33.8 Å². The van der Waals surface area contributed by atoms with E-state index in [0.29, 0.717) is 51.0 Å². The van der Waals surface area contributed by atoms with Crippen molar-refractivity contribution in [2.24, 2.45) is 0 Å². The molecule has 3 N–H and O–H groups in total. The van der Waals surface area contributed by atoms with E-state index in [1.807, 2.05) is 0 Å². The Hall–Kier alpha value is -5.04. The molecule has 0 atom stereocenters. The van der Waals surface area contributed by atoms with E-state index in [4.69, 9.17) is 0 Å². The molecule has 1 amide bonds. The quantitative estimate of drug-likeness (QED) is 0.210. The lowest BCUT2D eigenvalue weighted by molar-refractivity contribution is -0.115. The number of halogens is 2. The van der Waals surface area contributed by atoms with Crippen LogP contribution in [0.25, 0.3) is 55.8 Å². The van der Waals surface area contributed by atoms with Gasteiger partial charge in [0.05, 0.1) is 34.1 Å². The minimum atomic E-state index is -3.23. The van der Waals surface area contributed by atoms with Gasteiger partial charge in [0.25, 0.3) is 0 Å². The number of aromatic nitrogens is 6. The van der Waals surface area contributed by atoms with Crippen molar-refractivity contribution < 1.29 is 22.0 Å². The van der Waals surface area contributed by atoms with E-state index >= 15 is 4.39 Å². The molecule has 218 valence electrons. The predicted molar refractivity (Wildman–Crippen MR) is 160 cm³/mol. The van der Waals surface area contributed by atoms with Crippen LogP contribution in [-0.4, -0.2) is 56.5 Å². The average Bonchev–Trinajstić information content (AvgIpc) is 3.60. The first-order valence-electron chi connectivity index (χ1n) is 13.3. The molecule has 0 aliphatic heterocycles. The molecule has 0 saturated heterocycles. The van der Waals surface area contributed by atoms with Crippen molar-refractivity contribution in [3.63, 3.8) is 0 Å². The molecule has 0 fully saturated rings. The standard InChI is InChI=1S/C30H25F2N7O3S/c1-3-24(40)35-20-13-18(14-33-15-20)21-4-5-23-25(26(21)32)28(39-38-23)30-36-27-22(6-8-34-29(27)37-30)17-10-16(11-19(31)12-17)7-9-43(2,41)42/h4-6,8,10-15H,3,7,9H2,1-2H3,(H,35,40)(H,38,39)(H,34,36,37). The monoisotopic (exact) mass is 601 g/mol. The third-order valence-corrected chi connectivity index (χ3v) is 7.91. The maximum absolute atomic E-state index is 16.1. The van der Waals surface area contributed by atoms with Crippen LogP contribution in [0.2, 0.25) is 0 Å². The SMILES string of the molecule is CCC(=O)Nc1cncc(-c2ccc3[nH]nc(-c4nc5nccc(-c6cc(F)cc(CCS(C)(=O)=O)c6)c5[nH]4)c3c2F)c1. The summed E-state index contributed by atoms with van der Waals surface area (Å²) in [5, 5.41) is 10.1. The second kappa shape index (κ2) is 11.0. The molecule has 6 rings (SSSR count). The Kier molecular flexibility index (Phi) is 7.18. The van der Waals surface area contributed by atoms with Gasteiger partial charge in [0.1, 0.15) is 27.2 Å². The second-order valence-corrected chi connectivity index (χ2v) is 12.4. The third-order valence-electron chi connectivity index (χ3n) is 6.97. The van der Waals surface area contributed by atoms with Crippen LogP contribution in [0.15, 0.2) is 61.1 Å². The minimum absolute atomic E-state index is 0.108. The average molecular weight is 602 g/mol. The summed E-state index contributed by atoms with van der Waals surface area (Å²) >= 11 is 0. The van der Waals surface area contributed by atoms with Crippen LogP contribution in [0.3, 0.4) is 0 Å². The summed E-state index contributed by atoms with van der Waals surface area (Å²) in [5.74, 6) is -1.12. The maximum atomic E-state index is 16.1. The van der Waals surface area contributed by atoms with Gasteiger partial charge in [-0.2, -0.15) is 5.10 Å². The Morgan fingerprint density at radius 3 is 2.65 bits per heavy atom. The topological polar surface area (TPSA) is 146 Å². The van der Waals surface area contributed by atoms with E-state index in [1.165, 1.54) is 30.7 Å². The Morgan fingerprint density at radius 1 is 1.02 bits per heavy atom. The second-order valence-electron chi connectivity index (χ2n) is 10.2. The molecule has 0 bridgehead atoms. The predicted octanol–water partition coefficient (Wildman–Crippen LogP) is 5.44. The molecule has 0 aliphatic rings. The first-order chi connectivity index (χ1) is 20.6. The molecule has 10 nitrogen and oxygen atoms in total. The highest BCUT2D eigenvalue weighted by Gasteiger charge is 2.21. The molecule has 0 aliphatic carbocycles. The fourth-order valence-electron chi connectivity index (χ4n) is 4.89. The van der Waals surface area contributed by atoms with Crippen molar-refractivity contribution in [1.29, 1.82) is 0 Å². The molecule has 0 radical (unpaired) electrons. The molecule has 4 heterocycles. The number of amides is 1. The first-order valence-corrected chi connectivity index (χ1v) is 15.4. The lowest BCUT2D eigenvalue weighted by Crippen LogP contribution is -2.09. The summed E-state index contributed by atoms with van der Waals surface area (Å²) in [5.41, 5.74) is 4.24. The van der Waals surface area contributed by atoms with Crippen LogP contribution in [-0.2, 0) is 21.1 Å². The number of hydrogen-bond donors (Lipinski definition) is 3. The number of sulfone groups is 1. The van der Waals surface area contributed by atoms with E-state index in [2.05, 4.69) is 35.5 Å². The van der Waals surface area contributed by atoms with Gasteiger partial charge in [0.2, 0.25) is 5.91 Å². The Balaban J connectivity index is 1.42. The molecule has 43 heavy (non-hydrogen) atoms. The van der Waals surface area contributed by atoms with Crippen LogP contribution in [0, 0.1) is 11.6 Å². The lowest BCUT2D eigenvalue weighted by Gasteiger charge is -2.08. The van der Waals surface area contributed by atoms with Crippen molar-refractivity contribution in [2.75, 3.05) is 17.3 Å². The van der Waals surface area contributed by atoms with Gasteiger partial charge in [0.15, 0.2) is 11.5 Å². The molecule has 0 unspecified atom stereocenters. The lowest BCUT2D eigenvalue weighted by atomic mass is 10.0. The minimum Gasteiger partial charge on any atom is -0.335 e. The first kappa shape index (κ1) is 28.1. The van der Waals surface area contributed by atoms with Gasteiger partial charge in [0, 0.05) is 41.8 Å². The number of nitrogens with one attached hydrogen (secondary N) is 3. The van der Waals surface area contributed by atoms with Gasteiger partial charge >= 0.3 is 0 Å². The van der Waals surface area contributed by atoms with E-state index in [-0.39, 0.29) is 40.5 Å². The fourth-order valence-corrected chi connectivity index (χ4v) is 5.50. The maximum Gasteiger partial charge on any atom is 0.224 e. The third kappa shape index (κ3) is 5.71. The van der Waals surface area contributed by atoms with E-state index in [9.17, 15) is 17.6 Å². The number of imidazole rings is 1. The summed E-state index contributed by atoms with van der Waals surface area (Å²) in [4.78, 5) is 28.1. The zero-order chi connectivity index (χ0) is 30.3. The Labute approximate surface area is 244 Å². The summed E-state index contributed by atoms with van der Waals surface area (Å²) in [6.45, 7) is 1.73. The number of benzene rings is 2. The van der Waals surface area contributed by atoms with Gasteiger partial charge in [-0.1, -0.05) is 13.0 Å². The number of fused-ring (bicyclic) bond motifs is 2. The summed E-state index contributed by atoms with van der Waals surface area (Å²) in [6.07, 6.45) is 6.12. The molecular weight excluding hydrogens is 576 g/mol. The number of anilines is 1. The molecule has 4 aromatic heterocycles. The summed E-state index contributed by atoms with van der Waals surface area (Å²) in [6, 6.07) is 11.0. The number of rotatable bonds is 8. The molecule has 0 spiro atoms. The number of nitrogens with zero attached hydrogens (tertiary/aromatic N) is 4. The van der Waals surface area contributed by atoms with Crippen LogP contribution >= 0.6 is 0 Å². The number of aromatic amines is 2. The summed E-state index contributed by atoms with van der Waals surface area (Å²) < 4.78 is 54.0. The van der Waals surface area contributed by atoms with Gasteiger partial charge in [-0.15, -0.1) is 0 Å². The van der Waals surface area contributed by atoms with Gasteiger partial charge < -0.3 is 10.3 Å². The zero-order valence-electron chi connectivity index (χ0n) is 23.1. The zero-order valence-corrected chi connectivity index (χ0v) is 23.9. The highest BCUT2D eigenvalue weighted by molar-refractivity contribution is 7.90. The van der Waals surface area contributed by atoms with Crippen LogP contribution in [0.4, 0.5) is 14.5 Å². The normalized spacial score (nSPS) is 11.8. The van der Waals surface area contributed by atoms with Crippen LogP contribution in [0.5, 0.6) is 0 Å². The number of hydrogen-bond acceptors (Lipinski definition) is 7. The smallest absolute Gasteiger partial charge is 0.224 e. The largest absolute Gasteiger partial charge is 0.335 e. The number of pyridine rings is 2. The number of aryl methyl sites for hydroxylation is 1. The van der Waals surface area contributed by atoms with Crippen molar-refractivity contribution in [1.82, 2.24) is 30.1 Å². The van der Waals surface area contributed by atoms with Crippen LogP contribution in [0.1, 0.15) is 18.9 Å². The van der Waals surface area contributed by atoms with Crippen LogP contribution < -0.4 is 5.32 Å². The summed E-state index contributed by atoms with van der Waals surface area (Å²) in [7, 11) is -3.23. The van der Waals surface area contributed by atoms with Gasteiger partial charge in [-0.3, -0.25) is 14.9 Å². The fraction of sp³-hybridized carbons (Fsp3) is 0.167. The number of carbonyl (C=O) groups excluding carboxylic acids is 1. The van der Waals surface area contributed by atoms with Crippen molar-refractivity contribution in [3.05, 3.63) is 78.3 Å². The van der Waals surface area contributed by atoms with Crippen molar-refractivity contribution in [2.45, 2.75) is 19.8 Å². The Bertz CT molecular complexity index is 2140. The Morgan fingerprint density at radius 2 is 1.86 bits per heavy atom. The molecule has 2 aromatic carbocycles. The number of carbonyl (C=O) groups is 1. The number of H-pyrrole nitrogens is 2. The molecule has 0 saturated carbocycles. The van der Waals surface area contributed by atoms with Crippen molar-refractivity contribution >= 4 is 43.5 Å². The van der Waals surface area contributed by atoms with Gasteiger partial charge in [-0.05, 0) is 53.9 Å². The van der Waals surface area contributed by atoms with E-state index < -0.39 is 21.5 Å². The molecule has 13 heteroatoms. The highest BCUT2D eigenvalue weighted by Crippen LogP contribution is 2.35. The van der Waals surface area contributed by atoms with E-state index in [1.54, 1.807) is 37.3 Å². The van der Waals surface area contributed by atoms with E-state index in [0.717, 1.165) is 6.26 Å². The molecule has 6 aromatic rings.